The number of rotatable bonds is 4. The van der Waals surface area contributed by atoms with Gasteiger partial charge in [-0.1, -0.05) is 17.7 Å². The molecule has 0 spiro atoms. The van der Waals surface area contributed by atoms with E-state index in [2.05, 4.69) is 0 Å². The number of aliphatic hydroxyl groups excluding tert-OH is 1. The van der Waals surface area contributed by atoms with Crippen LogP contribution in [0.3, 0.4) is 0 Å². The molecule has 0 aliphatic heterocycles. The van der Waals surface area contributed by atoms with Crippen LogP contribution in [0.15, 0.2) is 36.4 Å². The van der Waals surface area contributed by atoms with Gasteiger partial charge in [0.1, 0.15) is 17.5 Å². The second-order valence-electron chi connectivity index (χ2n) is 4.50. The second kappa shape index (κ2) is 6.29. The predicted octanol–water partition coefficient (Wildman–Crippen LogP) is 3.90. The van der Waals surface area contributed by atoms with Crippen LogP contribution in [0.5, 0.6) is 0 Å². The van der Waals surface area contributed by atoms with Crippen LogP contribution in [0, 0.1) is 17.5 Å². The molecule has 1 N–H and O–H groups in total. The van der Waals surface area contributed by atoms with Gasteiger partial charge in [0.2, 0.25) is 0 Å². The molecule has 0 aliphatic carbocycles. The fraction of sp³-hybridized carbons (Fsp3) is 0.200. The molecular weight excluding hydrogens is 289 g/mol. The van der Waals surface area contributed by atoms with E-state index in [4.69, 9.17) is 11.6 Å². The summed E-state index contributed by atoms with van der Waals surface area (Å²) in [6.45, 7) is 0. The Bertz CT molecular complexity index is 596. The lowest BCUT2D eigenvalue weighted by atomic mass is 10.0. The van der Waals surface area contributed by atoms with E-state index >= 15 is 0 Å². The molecule has 106 valence electrons. The minimum atomic E-state index is -1.10. The van der Waals surface area contributed by atoms with E-state index in [9.17, 15) is 18.3 Å². The maximum atomic E-state index is 13.5. The maximum Gasteiger partial charge on any atom is 0.129 e. The average molecular weight is 301 g/mol. The summed E-state index contributed by atoms with van der Waals surface area (Å²) in [4.78, 5) is 0. The van der Waals surface area contributed by atoms with Gasteiger partial charge < -0.3 is 5.11 Å². The van der Waals surface area contributed by atoms with Crippen LogP contribution in [-0.4, -0.2) is 11.2 Å². The van der Waals surface area contributed by atoms with Crippen molar-refractivity contribution >= 4 is 11.6 Å². The highest BCUT2D eigenvalue weighted by atomic mass is 35.5. The molecular formula is C15H12ClF3O. The molecule has 0 amide bonds. The lowest BCUT2D eigenvalue weighted by Gasteiger charge is -2.13. The van der Waals surface area contributed by atoms with Crippen LogP contribution >= 0.6 is 11.6 Å². The van der Waals surface area contributed by atoms with E-state index < -0.39 is 23.6 Å². The molecule has 5 heteroatoms. The topological polar surface area (TPSA) is 20.2 Å². The largest absolute Gasteiger partial charge is 0.392 e. The summed E-state index contributed by atoms with van der Waals surface area (Å²) >= 11 is 5.74. The molecule has 0 aliphatic rings. The summed E-state index contributed by atoms with van der Waals surface area (Å²) in [6, 6.07) is 7.45. The number of hydrogen-bond donors (Lipinski definition) is 1. The quantitative estimate of drug-likeness (QED) is 0.908. The maximum absolute atomic E-state index is 13.5. The number of benzene rings is 2. The van der Waals surface area contributed by atoms with Crippen molar-refractivity contribution in [3.63, 3.8) is 0 Å². The minimum absolute atomic E-state index is 0.0693. The highest BCUT2D eigenvalue weighted by Crippen LogP contribution is 2.19. The van der Waals surface area contributed by atoms with Gasteiger partial charge in [-0.2, -0.15) is 0 Å². The lowest BCUT2D eigenvalue weighted by molar-refractivity contribution is 0.171. The molecule has 2 aromatic carbocycles. The van der Waals surface area contributed by atoms with Crippen molar-refractivity contribution in [1.29, 1.82) is 0 Å². The van der Waals surface area contributed by atoms with Crippen LogP contribution in [0.25, 0.3) is 0 Å². The first kappa shape index (κ1) is 14.9. The van der Waals surface area contributed by atoms with E-state index in [1.54, 1.807) is 0 Å². The molecule has 1 nitrogen and oxygen atoms in total. The van der Waals surface area contributed by atoms with Gasteiger partial charge in [-0.05, 0) is 35.9 Å². The van der Waals surface area contributed by atoms with E-state index in [1.807, 2.05) is 0 Å². The van der Waals surface area contributed by atoms with Crippen molar-refractivity contribution in [1.82, 2.24) is 0 Å². The van der Waals surface area contributed by atoms with Crippen LogP contribution < -0.4 is 0 Å². The Morgan fingerprint density at radius 1 is 0.950 bits per heavy atom. The number of halogens is 4. The molecule has 0 saturated heterocycles. The van der Waals surface area contributed by atoms with Gasteiger partial charge in [-0.25, -0.2) is 13.2 Å². The molecule has 0 radical (unpaired) electrons. The molecule has 0 bridgehead atoms. The van der Waals surface area contributed by atoms with Crippen molar-refractivity contribution in [2.75, 3.05) is 0 Å². The van der Waals surface area contributed by atoms with Crippen molar-refractivity contribution in [3.8, 4) is 0 Å². The fourth-order valence-electron chi connectivity index (χ4n) is 1.99. The first-order chi connectivity index (χ1) is 9.47. The average Bonchev–Trinajstić information content (AvgIpc) is 2.38. The van der Waals surface area contributed by atoms with Crippen LogP contribution in [0.1, 0.15) is 11.1 Å². The third kappa shape index (κ3) is 3.52. The van der Waals surface area contributed by atoms with Crippen LogP contribution in [0.2, 0.25) is 5.02 Å². The normalized spacial score (nSPS) is 12.4. The number of aliphatic hydroxyl groups is 1. The molecule has 0 saturated carbocycles. The third-order valence-electron chi connectivity index (χ3n) is 2.96. The molecule has 2 rings (SSSR count). The molecule has 0 fully saturated rings. The van der Waals surface area contributed by atoms with Crippen LogP contribution in [0.4, 0.5) is 13.2 Å². The Morgan fingerprint density at radius 2 is 1.60 bits per heavy atom. The Hall–Kier alpha value is -1.52. The summed E-state index contributed by atoms with van der Waals surface area (Å²) in [5.74, 6) is -1.96. The number of hydrogen-bond acceptors (Lipinski definition) is 1. The SMILES string of the molecule is OC(Cc1cc(Cl)ccc1F)Cc1c(F)cccc1F. The molecule has 1 atom stereocenters. The Balaban J connectivity index is 2.13. The van der Waals surface area contributed by atoms with Gasteiger partial charge in [-0.15, -0.1) is 0 Å². The lowest BCUT2D eigenvalue weighted by Crippen LogP contribution is -2.16. The zero-order valence-electron chi connectivity index (χ0n) is 10.4. The van der Waals surface area contributed by atoms with Gasteiger partial charge in [0.15, 0.2) is 0 Å². The van der Waals surface area contributed by atoms with Gasteiger partial charge in [-0.3, -0.25) is 0 Å². The zero-order valence-corrected chi connectivity index (χ0v) is 11.2. The second-order valence-corrected chi connectivity index (χ2v) is 4.93. The van der Waals surface area contributed by atoms with Crippen molar-refractivity contribution in [3.05, 3.63) is 70.0 Å². The summed E-state index contributed by atoms with van der Waals surface area (Å²) in [5.41, 5.74) is 0.00387. The van der Waals surface area contributed by atoms with Crippen molar-refractivity contribution in [2.24, 2.45) is 0 Å². The highest BCUT2D eigenvalue weighted by Gasteiger charge is 2.16. The van der Waals surface area contributed by atoms with Crippen molar-refractivity contribution < 1.29 is 18.3 Å². The van der Waals surface area contributed by atoms with Gasteiger partial charge in [0.05, 0.1) is 6.10 Å². The Labute approximate surface area is 119 Å². The zero-order chi connectivity index (χ0) is 14.7. The first-order valence-electron chi connectivity index (χ1n) is 6.02. The van der Waals surface area contributed by atoms with Gasteiger partial charge in [0, 0.05) is 23.4 Å². The highest BCUT2D eigenvalue weighted by molar-refractivity contribution is 6.30. The van der Waals surface area contributed by atoms with Crippen molar-refractivity contribution in [2.45, 2.75) is 18.9 Å². The summed E-state index contributed by atoms with van der Waals surface area (Å²) in [5, 5.41) is 10.2. The Morgan fingerprint density at radius 3 is 2.25 bits per heavy atom. The molecule has 20 heavy (non-hydrogen) atoms. The monoisotopic (exact) mass is 300 g/mol. The fourth-order valence-corrected chi connectivity index (χ4v) is 2.18. The minimum Gasteiger partial charge on any atom is -0.392 e. The summed E-state index contributed by atoms with van der Waals surface area (Å²) in [7, 11) is 0. The Kier molecular flexibility index (Phi) is 4.68. The van der Waals surface area contributed by atoms with Gasteiger partial charge in [0.25, 0.3) is 0 Å². The smallest absolute Gasteiger partial charge is 0.129 e. The third-order valence-corrected chi connectivity index (χ3v) is 3.20. The molecule has 1 unspecified atom stereocenters. The van der Waals surface area contributed by atoms with E-state index in [0.717, 1.165) is 12.1 Å². The first-order valence-corrected chi connectivity index (χ1v) is 6.40. The van der Waals surface area contributed by atoms with E-state index in [0.29, 0.717) is 5.02 Å². The summed E-state index contributed by atoms with van der Waals surface area (Å²) < 4.78 is 40.4. The van der Waals surface area contributed by atoms with E-state index in [-0.39, 0.29) is 24.0 Å². The molecule has 2 aromatic rings. The van der Waals surface area contributed by atoms with E-state index in [1.165, 1.54) is 24.3 Å². The van der Waals surface area contributed by atoms with Gasteiger partial charge >= 0.3 is 0 Å². The predicted molar refractivity (Wildman–Crippen MR) is 71.2 cm³/mol. The van der Waals surface area contributed by atoms with Crippen LogP contribution in [-0.2, 0) is 12.8 Å². The molecule has 0 aromatic heterocycles. The standard InChI is InChI=1S/C15H12ClF3O/c16-10-4-5-13(17)9(6-10)7-11(20)8-12-14(18)2-1-3-15(12)19/h1-6,11,20H,7-8H2. The molecule has 0 heterocycles. The summed E-state index contributed by atoms with van der Waals surface area (Å²) in [6.07, 6.45) is -1.40.